The van der Waals surface area contributed by atoms with Gasteiger partial charge in [0.2, 0.25) is 0 Å². The number of amides is 1. The molecule has 20 heavy (non-hydrogen) atoms. The van der Waals surface area contributed by atoms with Gasteiger partial charge in [0.1, 0.15) is 24.9 Å². The summed E-state index contributed by atoms with van der Waals surface area (Å²) in [4.78, 5) is 19.1. The molecule has 0 radical (unpaired) electrons. The highest BCUT2D eigenvalue weighted by Gasteiger charge is 2.29. The van der Waals surface area contributed by atoms with E-state index in [0.717, 1.165) is 18.9 Å². The van der Waals surface area contributed by atoms with Gasteiger partial charge in [-0.15, -0.1) is 0 Å². The highest BCUT2D eigenvalue weighted by Crippen LogP contribution is 2.14. The number of rotatable bonds is 1. The average molecular weight is 279 g/mol. The summed E-state index contributed by atoms with van der Waals surface area (Å²) in [5, 5.41) is 0. The molecule has 1 aliphatic rings. The molecule has 0 aromatic carbocycles. The third kappa shape index (κ3) is 3.76. The van der Waals surface area contributed by atoms with Crippen molar-refractivity contribution in [1.82, 2.24) is 4.90 Å². The summed E-state index contributed by atoms with van der Waals surface area (Å²) in [6.07, 6.45) is 1.54. The Bertz CT molecular complexity index is 459. The van der Waals surface area contributed by atoms with Gasteiger partial charge >= 0.3 is 6.09 Å². The molecule has 0 bridgehead atoms. The van der Waals surface area contributed by atoms with Crippen LogP contribution in [-0.2, 0) is 4.74 Å². The number of pyridine rings is 1. The van der Waals surface area contributed by atoms with E-state index in [1.165, 1.54) is 0 Å². The van der Waals surface area contributed by atoms with Crippen LogP contribution >= 0.6 is 0 Å². The molecule has 1 aromatic heterocycles. The molecule has 2 heterocycles. The van der Waals surface area contributed by atoms with Gasteiger partial charge in [-0.1, -0.05) is 0 Å². The third-order valence-electron chi connectivity index (χ3n) is 3.09. The quantitative estimate of drug-likeness (QED) is 0.836. The minimum Gasteiger partial charge on any atom is -0.444 e. The Morgan fingerprint density at radius 2 is 1.90 bits per heavy atom. The largest absolute Gasteiger partial charge is 0.444 e. The molecule has 1 fully saturated rings. The summed E-state index contributed by atoms with van der Waals surface area (Å²) in [7, 11) is 0. The maximum absolute atomic E-state index is 12.0. The zero-order valence-electron chi connectivity index (χ0n) is 12.3. The molecule has 1 aliphatic heterocycles. The van der Waals surface area contributed by atoms with Gasteiger partial charge < -0.3 is 15.4 Å². The van der Waals surface area contributed by atoms with E-state index in [1.807, 2.05) is 32.9 Å². The fraction of sp³-hybridized carbons (Fsp3) is 0.571. The van der Waals surface area contributed by atoms with Crippen LogP contribution in [0.4, 0.5) is 16.3 Å². The van der Waals surface area contributed by atoms with E-state index in [2.05, 4.69) is 9.88 Å². The molecule has 2 rings (SSSR count). The Hall–Kier alpha value is -1.98. The van der Waals surface area contributed by atoms with Crippen molar-refractivity contribution in [3.63, 3.8) is 0 Å². The second-order valence-electron chi connectivity index (χ2n) is 5.96. The lowest BCUT2D eigenvalue weighted by molar-refractivity contribution is -0.363. The predicted molar refractivity (Wildman–Crippen MR) is 77.4 cm³/mol. The van der Waals surface area contributed by atoms with E-state index in [9.17, 15) is 4.79 Å². The Morgan fingerprint density at radius 1 is 1.25 bits per heavy atom. The number of carbonyl (C=O) groups is 1. The van der Waals surface area contributed by atoms with Gasteiger partial charge in [0, 0.05) is 6.07 Å². The number of carbonyl (C=O) groups excluding carboxylic acids is 1. The minimum absolute atomic E-state index is 0.238. The minimum atomic E-state index is -0.445. The first kappa shape index (κ1) is 14.4. The number of aromatic nitrogens is 1. The summed E-state index contributed by atoms with van der Waals surface area (Å²) < 4.78 is 5.38. The van der Waals surface area contributed by atoms with Crippen molar-refractivity contribution >= 4 is 17.6 Å². The molecule has 1 aromatic rings. The first-order valence-corrected chi connectivity index (χ1v) is 6.85. The highest BCUT2D eigenvalue weighted by molar-refractivity contribution is 5.68. The number of H-pyrrole nitrogens is 1. The molecule has 0 unspecified atom stereocenters. The van der Waals surface area contributed by atoms with Crippen LogP contribution in [0, 0.1) is 0 Å². The van der Waals surface area contributed by atoms with E-state index in [-0.39, 0.29) is 6.09 Å². The average Bonchev–Trinajstić information content (AvgIpc) is 2.38. The van der Waals surface area contributed by atoms with Crippen LogP contribution in [0.2, 0.25) is 0 Å². The topological polar surface area (TPSA) is 72.9 Å². The highest BCUT2D eigenvalue weighted by atomic mass is 16.6. The van der Waals surface area contributed by atoms with E-state index < -0.39 is 5.60 Å². The Labute approximate surface area is 119 Å². The number of nitrogens with one attached hydrogen (secondary N) is 1. The monoisotopic (exact) mass is 279 g/mol. The first-order valence-electron chi connectivity index (χ1n) is 6.85. The summed E-state index contributed by atoms with van der Waals surface area (Å²) in [6, 6.07) is 3.82. The maximum atomic E-state index is 12.0. The van der Waals surface area contributed by atoms with Gasteiger partial charge in [0.05, 0.1) is 18.8 Å². The lowest BCUT2D eigenvalue weighted by Crippen LogP contribution is -2.51. The second-order valence-corrected chi connectivity index (χ2v) is 5.96. The van der Waals surface area contributed by atoms with Crippen LogP contribution in [0.15, 0.2) is 18.3 Å². The van der Waals surface area contributed by atoms with Crippen molar-refractivity contribution in [3.05, 3.63) is 18.3 Å². The molecule has 6 nitrogen and oxygen atoms in total. The number of nitrogens with zero attached hydrogens (tertiary/aromatic N) is 2. The van der Waals surface area contributed by atoms with Crippen molar-refractivity contribution in [1.29, 1.82) is 0 Å². The smallest absolute Gasteiger partial charge is 0.410 e. The number of anilines is 2. The van der Waals surface area contributed by atoms with Crippen LogP contribution in [-0.4, -0.2) is 42.8 Å². The summed E-state index contributed by atoms with van der Waals surface area (Å²) in [5.74, 6) is 1.02. The molecule has 0 spiro atoms. The van der Waals surface area contributed by atoms with Crippen LogP contribution in [0.1, 0.15) is 20.8 Å². The molecule has 0 saturated carbocycles. The zero-order valence-corrected chi connectivity index (χ0v) is 12.3. The number of hydrogen-bond donors (Lipinski definition) is 1. The number of ether oxygens (including phenoxy) is 1. The number of piperazine rings is 1. The molecular weight excluding hydrogens is 256 g/mol. The van der Waals surface area contributed by atoms with Crippen molar-refractivity contribution in [2.75, 3.05) is 36.8 Å². The zero-order chi connectivity index (χ0) is 14.8. The molecule has 3 N–H and O–H groups in total. The fourth-order valence-electron chi connectivity index (χ4n) is 2.08. The van der Waals surface area contributed by atoms with Crippen LogP contribution in [0.25, 0.3) is 0 Å². The molecule has 1 amide bonds. The predicted octanol–water partition coefficient (Wildman–Crippen LogP) is 1.14. The summed E-state index contributed by atoms with van der Waals surface area (Å²) in [5.41, 5.74) is 5.92. The van der Waals surface area contributed by atoms with Crippen molar-refractivity contribution in [2.24, 2.45) is 0 Å². The van der Waals surface area contributed by atoms with Gasteiger partial charge in [0.15, 0.2) is 0 Å². The Morgan fingerprint density at radius 3 is 2.40 bits per heavy atom. The van der Waals surface area contributed by atoms with Crippen LogP contribution in [0.3, 0.4) is 0 Å². The number of nitrogen functional groups attached to an aromatic ring is 1. The molecule has 0 atom stereocenters. The summed E-state index contributed by atoms with van der Waals surface area (Å²) in [6.45, 7) is 8.51. The first-order chi connectivity index (χ1) is 9.35. The van der Waals surface area contributed by atoms with Gasteiger partial charge in [-0.05, 0) is 26.8 Å². The summed E-state index contributed by atoms with van der Waals surface area (Å²) >= 11 is 0. The molecule has 1 saturated heterocycles. The van der Waals surface area contributed by atoms with Crippen molar-refractivity contribution in [3.8, 4) is 0 Å². The van der Waals surface area contributed by atoms with Crippen LogP contribution in [0.5, 0.6) is 0 Å². The lowest BCUT2D eigenvalue weighted by atomic mass is 10.2. The van der Waals surface area contributed by atoms with E-state index in [1.54, 1.807) is 11.1 Å². The normalized spacial score (nSPS) is 16.1. The van der Waals surface area contributed by atoms with Crippen molar-refractivity contribution < 1.29 is 14.5 Å². The molecule has 110 valence electrons. The van der Waals surface area contributed by atoms with Crippen molar-refractivity contribution in [2.45, 2.75) is 26.4 Å². The fourth-order valence-corrected chi connectivity index (χ4v) is 2.08. The van der Waals surface area contributed by atoms with Gasteiger partial charge in [-0.2, -0.15) is 0 Å². The molecule has 6 heteroatoms. The van der Waals surface area contributed by atoms with Crippen LogP contribution < -0.4 is 15.6 Å². The van der Waals surface area contributed by atoms with Gasteiger partial charge in [0.25, 0.3) is 5.82 Å². The third-order valence-corrected chi connectivity index (χ3v) is 3.09. The standard InChI is InChI=1S/C14H22N4O2/c1-14(2,3)20-13(19)18-8-6-17(7-9-18)12-5-4-11(15)10-16-12/h4-5,10H,6-9,15H2,1-3H3/p+1. The Balaban J connectivity index is 1.89. The molecule has 0 aliphatic carbocycles. The number of hydrogen-bond acceptors (Lipinski definition) is 4. The molecular formula is C14H23N4O2+. The van der Waals surface area contributed by atoms with Gasteiger partial charge in [-0.3, -0.25) is 4.90 Å². The maximum Gasteiger partial charge on any atom is 0.410 e. The number of nitrogens with two attached hydrogens (primary N) is 1. The van der Waals surface area contributed by atoms with E-state index >= 15 is 0 Å². The Kier molecular flexibility index (Phi) is 4.01. The van der Waals surface area contributed by atoms with Gasteiger partial charge in [-0.25, -0.2) is 9.78 Å². The SMILES string of the molecule is CC(C)(C)OC(=O)N1CCN(c2ccc(N)c[nH+]2)CC1. The number of aromatic amines is 1. The second kappa shape index (κ2) is 5.56. The van der Waals surface area contributed by atoms with E-state index in [4.69, 9.17) is 10.5 Å². The van der Waals surface area contributed by atoms with E-state index in [0.29, 0.717) is 18.8 Å². The lowest BCUT2D eigenvalue weighted by Gasteiger charge is -2.32.